The molecule has 1 atom stereocenters. The highest BCUT2D eigenvalue weighted by molar-refractivity contribution is 5.81. The van der Waals surface area contributed by atoms with Gasteiger partial charge in [-0.2, -0.15) is 0 Å². The number of likely N-dealkylation sites (tertiary alicyclic amines) is 1. The molecular formula is C17H25NO2. The van der Waals surface area contributed by atoms with Crippen LogP contribution in [0, 0.1) is 6.92 Å². The summed E-state index contributed by atoms with van der Waals surface area (Å²) in [5.41, 5.74) is 2.55. The van der Waals surface area contributed by atoms with E-state index in [1.807, 2.05) is 24.0 Å². The van der Waals surface area contributed by atoms with E-state index in [9.17, 15) is 4.79 Å². The molecule has 1 aromatic carbocycles. The largest absolute Gasteiger partial charge is 0.481 e. The Bertz CT molecular complexity index is 476. The van der Waals surface area contributed by atoms with Gasteiger partial charge in [0.05, 0.1) is 0 Å². The van der Waals surface area contributed by atoms with E-state index in [0.29, 0.717) is 5.92 Å². The minimum Gasteiger partial charge on any atom is -0.481 e. The molecule has 0 bridgehead atoms. The lowest BCUT2D eigenvalue weighted by atomic mass is 9.98. The molecule has 20 heavy (non-hydrogen) atoms. The van der Waals surface area contributed by atoms with Crippen LogP contribution in [0.15, 0.2) is 18.2 Å². The first-order valence-corrected chi connectivity index (χ1v) is 7.55. The molecule has 3 heteroatoms. The number of carbonyl (C=O) groups is 1. The number of hydrogen-bond acceptors (Lipinski definition) is 2. The third-order valence-electron chi connectivity index (χ3n) is 3.94. The smallest absolute Gasteiger partial charge is 0.263 e. The monoisotopic (exact) mass is 275 g/mol. The van der Waals surface area contributed by atoms with Gasteiger partial charge in [0.25, 0.3) is 5.91 Å². The highest BCUT2D eigenvalue weighted by Gasteiger charge is 2.24. The Morgan fingerprint density at radius 2 is 1.85 bits per heavy atom. The van der Waals surface area contributed by atoms with Crippen LogP contribution in [-0.2, 0) is 4.79 Å². The molecule has 0 aromatic heterocycles. The lowest BCUT2D eigenvalue weighted by Crippen LogP contribution is -2.38. The number of aryl methyl sites for hydroxylation is 1. The average molecular weight is 275 g/mol. The number of ether oxygens (including phenoxy) is 1. The van der Waals surface area contributed by atoms with Crippen molar-refractivity contribution in [2.24, 2.45) is 0 Å². The van der Waals surface area contributed by atoms with Crippen molar-refractivity contribution >= 4 is 5.91 Å². The molecule has 1 saturated heterocycles. The SMILES string of the molecule is Cc1cc(OC(C)C(=O)N2CCCC2)ccc1C(C)C. The Morgan fingerprint density at radius 1 is 1.20 bits per heavy atom. The van der Waals surface area contributed by atoms with Crippen molar-refractivity contribution in [3.05, 3.63) is 29.3 Å². The molecule has 0 spiro atoms. The maximum Gasteiger partial charge on any atom is 0.263 e. The summed E-state index contributed by atoms with van der Waals surface area (Å²) in [4.78, 5) is 14.1. The Balaban J connectivity index is 2.02. The number of carbonyl (C=O) groups excluding carboxylic acids is 1. The van der Waals surface area contributed by atoms with Crippen molar-refractivity contribution in [3.63, 3.8) is 0 Å². The van der Waals surface area contributed by atoms with Crippen molar-refractivity contribution in [2.75, 3.05) is 13.1 Å². The summed E-state index contributed by atoms with van der Waals surface area (Å²) in [5.74, 6) is 1.40. The van der Waals surface area contributed by atoms with Gasteiger partial charge in [0, 0.05) is 13.1 Å². The lowest BCUT2D eigenvalue weighted by molar-refractivity contribution is -0.136. The van der Waals surface area contributed by atoms with Gasteiger partial charge >= 0.3 is 0 Å². The van der Waals surface area contributed by atoms with Gasteiger partial charge < -0.3 is 9.64 Å². The predicted molar refractivity (Wildman–Crippen MR) is 81.2 cm³/mol. The van der Waals surface area contributed by atoms with E-state index in [0.717, 1.165) is 31.7 Å². The zero-order valence-corrected chi connectivity index (χ0v) is 13.0. The molecule has 1 amide bonds. The van der Waals surface area contributed by atoms with Crippen LogP contribution in [0.3, 0.4) is 0 Å². The minimum absolute atomic E-state index is 0.105. The Hall–Kier alpha value is -1.51. The van der Waals surface area contributed by atoms with Crippen molar-refractivity contribution < 1.29 is 9.53 Å². The molecule has 1 unspecified atom stereocenters. The quantitative estimate of drug-likeness (QED) is 0.841. The molecule has 1 aliphatic rings. The number of nitrogens with zero attached hydrogens (tertiary/aromatic N) is 1. The summed E-state index contributed by atoms with van der Waals surface area (Å²) in [6, 6.07) is 6.10. The van der Waals surface area contributed by atoms with Crippen LogP contribution in [0.1, 0.15) is 50.7 Å². The molecule has 0 saturated carbocycles. The Kier molecular flexibility index (Phi) is 4.69. The molecule has 0 radical (unpaired) electrons. The zero-order valence-electron chi connectivity index (χ0n) is 13.0. The van der Waals surface area contributed by atoms with Gasteiger partial charge in [0.1, 0.15) is 5.75 Å². The second kappa shape index (κ2) is 6.29. The zero-order chi connectivity index (χ0) is 14.7. The lowest BCUT2D eigenvalue weighted by Gasteiger charge is -2.21. The van der Waals surface area contributed by atoms with Crippen LogP contribution in [0.25, 0.3) is 0 Å². The van der Waals surface area contributed by atoms with Crippen LogP contribution in [0.2, 0.25) is 0 Å². The first-order valence-electron chi connectivity index (χ1n) is 7.55. The molecule has 1 aromatic rings. The fourth-order valence-electron chi connectivity index (χ4n) is 2.82. The van der Waals surface area contributed by atoms with Gasteiger partial charge in [-0.05, 0) is 55.9 Å². The van der Waals surface area contributed by atoms with Crippen LogP contribution in [0.5, 0.6) is 5.75 Å². The van der Waals surface area contributed by atoms with E-state index in [4.69, 9.17) is 4.74 Å². The maximum atomic E-state index is 12.2. The predicted octanol–water partition coefficient (Wildman–Crippen LogP) is 3.51. The van der Waals surface area contributed by atoms with E-state index < -0.39 is 6.10 Å². The van der Waals surface area contributed by atoms with Crippen molar-refractivity contribution in [3.8, 4) is 5.75 Å². The van der Waals surface area contributed by atoms with Gasteiger partial charge in [0.2, 0.25) is 0 Å². The van der Waals surface area contributed by atoms with E-state index in [2.05, 4.69) is 26.8 Å². The van der Waals surface area contributed by atoms with Crippen molar-refractivity contribution in [2.45, 2.75) is 52.6 Å². The van der Waals surface area contributed by atoms with Crippen LogP contribution < -0.4 is 4.74 Å². The second-order valence-electron chi connectivity index (χ2n) is 5.97. The number of rotatable bonds is 4. The topological polar surface area (TPSA) is 29.5 Å². The van der Waals surface area contributed by atoms with Gasteiger partial charge in [0.15, 0.2) is 6.10 Å². The van der Waals surface area contributed by atoms with Gasteiger partial charge in [-0.3, -0.25) is 4.79 Å². The highest BCUT2D eigenvalue weighted by Crippen LogP contribution is 2.24. The summed E-state index contributed by atoms with van der Waals surface area (Å²) in [5, 5.41) is 0. The third kappa shape index (κ3) is 3.33. The average Bonchev–Trinajstić information content (AvgIpc) is 2.91. The van der Waals surface area contributed by atoms with Crippen molar-refractivity contribution in [1.29, 1.82) is 0 Å². The van der Waals surface area contributed by atoms with Gasteiger partial charge in [-0.15, -0.1) is 0 Å². The van der Waals surface area contributed by atoms with Crippen LogP contribution in [0.4, 0.5) is 0 Å². The number of benzene rings is 1. The van der Waals surface area contributed by atoms with Crippen LogP contribution in [-0.4, -0.2) is 30.0 Å². The number of amides is 1. The molecule has 110 valence electrons. The molecule has 1 aliphatic heterocycles. The third-order valence-corrected chi connectivity index (χ3v) is 3.94. The second-order valence-corrected chi connectivity index (χ2v) is 5.97. The van der Waals surface area contributed by atoms with E-state index in [1.165, 1.54) is 11.1 Å². The number of hydrogen-bond donors (Lipinski definition) is 0. The molecule has 1 heterocycles. The van der Waals surface area contributed by atoms with E-state index in [1.54, 1.807) is 0 Å². The maximum absolute atomic E-state index is 12.2. The summed E-state index contributed by atoms with van der Waals surface area (Å²) in [7, 11) is 0. The highest BCUT2D eigenvalue weighted by atomic mass is 16.5. The normalized spacial score (nSPS) is 16.6. The fourth-order valence-corrected chi connectivity index (χ4v) is 2.82. The standard InChI is InChI=1S/C17H25NO2/c1-12(2)16-8-7-15(11-13(16)3)20-14(4)17(19)18-9-5-6-10-18/h7-8,11-12,14H,5-6,9-10H2,1-4H3. The van der Waals surface area contributed by atoms with Crippen molar-refractivity contribution in [1.82, 2.24) is 4.90 Å². The first kappa shape index (κ1) is 14.9. The molecular weight excluding hydrogens is 250 g/mol. The molecule has 1 fully saturated rings. The minimum atomic E-state index is -0.405. The molecule has 0 N–H and O–H groups in total. The summed E-state index contributed by atoms with van der Waals surface area (Å²) >= 11 is 0. The van der Waals surface area contributed by atoms with E-state index >= 15 is 0 Å². The Morgan fingerprint density at radius 3 is 2.40 bits per heavy atom. The van der Waals surface area contributed by atoms with Crippen LogP contribution >= 0.6 is 0 Å². The molecule has 3 nitrogen and oxygen atoms in total. The summed E-state index contributed by atoms with van der Waals surface area (Å²) < 4.78 is 5.81. The van der Waals surface area contributed by atoms with Gasteiger partial charge in [-0.1, -0.05) is 19.9 Å². The summed E-state index contributed by atoms with van der Waals surface area (Å²) in [6.07, 6.45) is 1.82. The first-order chi connectivity index (χ1) is 9.49. The Labute approximate surface area is 121 Å². The molecule has 2 rings (SSSR count). The van der Waals surface area contributed by atoms with E-state index in [-0.39, 0.29) is 5.91 Å². The fraction of sp³-hybridized carbons (Fsp3) is 0.588. The molecule has 0 aliphatic carbocycles. The van der Waals surface area contributed by atoms with Gasteiger partial charge in [-0.25, -0.2) is 0 Å². The summed E-state index contributed by atoms with van der Waals surface area (Å²) in [6.45, 7) is 10.0.